The molecule has 2 rings (SSSR count). The first-order valence-electron chi connectivity index (χ1n) is 5.46. The van der Waals surface area contributed by atoms with Gasteiger partial charge in [0, 0.05) is 18.2 Å². The maximum atomic E-state index is 8.91. The van der Waals surface area contributed by atoms with E-state index in [0.29, 0.717) is 25.5 Å². The van der Waals surface area contributed by atoms with Crippen molar-refractivity contribution in [2.75, 3.05) is 19.8 Å². The lowest BCUT2D eigenvalue weighted by Gasteiger charge is -2.15. The van der Waals surface area contributed by atoms with Gasteiger partial charge in [0.15, 0.2) is 0 Å². The van der Waals surface area contributed by atoms with Crippen molar-refractivity contribution in [2.45, 2.75) is 12.5 Å². The number of hydrogen-bond donors (Lipinski definition) is 2. The van der Waals surface area contributed by atoms with Gasteiger partial charge in [-0.15, -0.1) is 0 Å². The van der Waals surface area contributed by atoms with Gasteiger partial charge in [0.1, 0.15) is 6.61 Å². The summed E-state index contributed by atoms with van der Waals surface area (Å²) in [6, 6.07) is 7.62. The van der Waals surface area contributed by atoms with Crippen LogP contribution in [0.5, 0.6) is 0 Å². The zero-order chi connectivity index (χ0) is 11.4. The van der Waals surface area contributed by atoms with Gasteiger partial charge in [0.2, 0.25) is 5.90 Å². The SMILES string of the molecule is NC(CCO)c1ccccc1C1=NCCO1. The van der Waals surface area contributed by atoms with Crippen LogP contribution in [0.2, 0.25) is 0 Å². The molecule has 1 atom stereocenters. The van der Waals surface area contributed by atoms with Crippen molar-refractivity contribution in [1.29, 1.82) is 0 Å². The predicted octanol–water partition coefficient (Wildman–Crippen LogP) is 0.846. The minimum Gasteiger partial charge on any atom is -0.476 e. The third-order valence-corrected chi connectivity index (χ3v) is 2.62. The van der Waals surface area contributed by atoms with Crippen molar-refractivity contribution in [3.63, 3.8) is 0 Å². The van der Waals surface area contributed by atoms with Gasteiger partial charge in [0.05, 0.1) is 6.54 Å². The topological polar surface area (TPSA) is 67.8 Å². The van der Waals surface area contributed by atoms with Crippen LogP contribution in [0, 0.1) is 0 Å². The number of rotatable bonds is 4. The lowest BCUT2D eigenvalue weighted by molar-refractivity contribution is 0.276. The Bertz CT molecular complexity index is 390. The molecule has 1 heterocycles. The van der Waals surface area contributed by atoms with E-state index < -0.39 is 0 Å². The molecule has 4 nitrogen and oxygen atoms in total. The first kappa shape index (κ1) is 11.1. The van der Waals surface area contributed by atoms with Crippen LogP contribution >= 0.6 is 0 Å². The van der Waals surface area contributed by atoms with Gasteiger partial charge in [-0.2, -0.15) is 0 Å². The molecule has 0 radical (unpaired) electrons. The molecule has 1 aliphatic rings. The molecule has 16 heavy (non-hydrogen) atoms. The highest BCUT2D eigenvalue weighted by Crippen LogP contribution is 2.21. The largest absolute Gasteiger partial charge is 0.476 e. The third-order valence-electron chi connectivity index (χ3n) is 2.62. The van der Waals surface area contributed by atoms with Crippen LogP contribution in [0.1, 0.15) is 23.6 Å². The second kappa shape index (κ2) is 5.09. The van der Waals surface area contributed by atoms with E-state index in [1.165, 1.54) is 0 Å². The molecule has 1 aromatic rings. The fourth-order valence-corrected chi connectivity index (χ4v) is 1.81. The van der Waals surface area contributed by atoms with Gasteiger partial charge >= 0.3 is 0 Å². The van der Waals surface area contributed by atoms with Crippen molar-refractivity contribution in [3.05, 3.63) is 35.4 Å². The zero-order valence-electron chi connectivity index (χ0n) is 9.10. The highest BCUT2D eigenvalue weighted by molar-refractivity contribution is 5.96. The summed E-state index contributed by atoms with van der Waals surface area (Å²) in [4.78, 5) is 4.29. The minimum atomic E-state index is -0.173. The molecule has 0 bridgehead atoms. The first-order valence-corrected chi connectivity index (χ1v) is 5.46. The second-order valence-corrected chi connectivity index (χ2v) is 3.74. The van der Waals surface area contributed by atoms with Crippen molar-refractivity contribution in [2.24, 2.45) is 10.7 Å². The number of benzene rings is 1. The van der Waals surface area contributed by atoms with Gasteiger partial charge in [-0.3, -0.25) is 0 Å². The zero-order valence-corrected chi connectivity index (χ0v) is 9.10. The maximum absolute atomic E-state index is 8.91. The van der Waals surface area contributed by atoms with Crippen LogP contribution in [0.25, 0.3) is 0 Å². The van der Waals surface area contributed by atoms with Crippen LogP contribution in [-0.4, -0.2) is 30.8 Å². The van der Waals surface area contributed by atoms with E-state index in [1.54, 1.807) is 0 Å². The van der Waals surface area contributed by atoms with Crippen molar-refractivity contribution in [1.82, 2.24) is 0 Å². The summed E-state index contributed by atoms with van der Waals surface area (Å²) in [5, 5.41) is 8.91. The van der Waals surface area contributed by atoms with Gasteiger partial charge in [-0.25, -0.2) is 4.99 Å². The minimum absolute atomic E-state index is 0.0861. The third kappa shape index (κ3) is 2.23. The van der Waals surface area contributed by atoms with Crippen LogP contribution < -0.4 is 5.73 Å². The summed E-state index contributed by atoms with van der Waals surface area (Å²) in [5.74, 6) is 0.670. The van der Waals surface area contributed by atoms with Crippen LogP contribution in [0.3, 0.4) is 0 Å². The Morgan fingerprint density at radius 3 is 2.94 bits per heavy atom. The van der Waals surface area contributed by atoms with Gasteiger partial charge in [-0.05, 0) is 18.1 Å². The molecule has 0 saturated carbocycles. The molecule has 0 saturated heterocycles. The van der Waals surface area contributed by atoms with Gasteiger partial charge in [0.25, 0.3) is 0 Å². The Kier molecular flexibility index (Phi) is 3.54. The lowest BCUT2D eigenvalue weighted by atomic mass is 9.99. The normalized spacial score (nSPS) is 16.8. The number of aliphatic imine (C=N–C) groups is 1. The summed E-state index contributed by atoms with van der Waals surface area (Å²) in [7, 11) is 0. The Hall–Kier alpha value is -1.39. The Morgan fingerprint density at radius 1 is 1.44 bits per heavy atom. The molecule has 0 aromatic heterocycles. The smallest absolute Gasteiger partial charge is 0.216 e. The highest BCUT2D eigenvalue weighted by atomic mass is 16.5. The van der Waals surface area contributed by atoms with Crippen LogP contribution in [0.4, 0.5) is 0 Å². The molecule has 3 N–H and O–H groups in total. The molecule has 1 aliphatic heterocycles. The van der Waals surface area contributed by atoms with Crippen molar-refractivity contribution in [3.8, 4) is 0 Å². The van der Waals surface area contributed by atoms with Gasteiger partial charge < -0.3 is 15.6 Å². The quantitative estimate of drug-likeness (QED) is 0.790. The fraction of sp³-hybridized carbons (Fsp3) is 0.417. The number of aliphatic hydroxyl groups excluding tert-OH is 1. The molecule has 0 aliphatic carbocycles. The molecule has 0 spiro atoms. The van der Waals surface area contributed by atoms with E-state index in [4.69, 9.17) is 15.6 Å². The van der Waals surface area contributed by atoms with Crippen molar-refractivity contribution >= 4 is 5.90 Å². The summed E-state index contributed by atoms with van der Waals surface area (Å²) in [5.41, 5.74) is 7.93. The number of nitrogens with two attached hydrogens (primary N) is 1. The molecular weight excluding hydrogens is 204 g/mol. The lowest BCUT2D eigenvalue weighted by Crippen LogP contribution is -2.16. The average molecular weight is 220 g/mol. The predicted molar refractivity (Wildman–Crippen MR) is 62.4 cm³/mol. The summed E-state index contributed by atoms with van der Waals surface area (Å²) < 4.78 is 5.44. The molecule has 0 amide bonds. The summed E-state index contributed by atoms with van der Waals surface area (Å²) >= 11 is 0. The monoisotopic (exact) mass is 220 g/mol. The number of hydrogen-bond acceptors (Lipinski definition) is 4. The van der Waals surface area contributed by atoms with Crippen LogP contribution in [0.15, 0.2) is 29.3 Å². The van der Waals surface area contributed by atoms with E-state index in [9.17, 15) is 0 Å². The van der Waals surface area contributed by atoms with Gasteiger partial charge in [-0.1, -0.05) is 18.2 Å². The summed E-state index contributed by atoms with van der Waals surface area (Å²) in [6.07, 6.45) is 0.546. The highest BCUT2D eigenvalue weighted by Gasteiger charge is 2.17. The molecule has 86 valence electrons. The Morgan fingerprint density at radius 2 is 2.25 bits per heavy atom. The molecule has 0 fully saturated rings. The number of nitrogens with zero attached hydrogens (tertiary/aromatic N) is 1. The Labute approximate surface area is 94.8 Å². The van der Waals surface area contributed by atoms with E-state index >= 15 is 0 Å². The Balaban J connectivity index is 2.29. The van der Waals surface area contributed by atoms with E-state index in [1.807, 2.05) is 24.3 Å². The molecular formula is C12H16N2O2. The molecule has 4 heteroatoms. The number of aliphatic hydroxyl groups is 1. The summed E-state index contributed by atoms with van der Waals surface area (Å²) in [6.45, 7) is 1.43. The maximum Gasteiger partial charge on any atom is 0.216 e. The first-order chi connectivity index (χ1) is 7.83. The average Bonchev–Trinajstić information content (AvgIpc) is 2.83. The van der Waals surface area contributed by atoms with E-state index in [0.717, 1.165) is 11.1 Å². The molecule has 1 aromatic carbocycles. The fourth-order valence-electron chi connectivity index (χ4n) is 1.81. The van der Waals surface area contributed by atoms with E-state index in [-0.39, 0.29) is 12.6 Å². The number of ether oxygens (including phenoxy) is 1. The second-order valence-electron chi connectivity index (χ2n) is 3.74. The van der Waals surface area contributed by atoms with Crippen LogP contribution in [-0.2, 0) is 4.74 Å². The van der Waals surface area contributed by atoms with E-state index in [2.05, 4.69) is 4.99 Å². The standard InChI is InChI=1S/C12H16N2O2/c13-11(5-7-15)9-3-1-2-4-10(9)12-14-6-8-16-12/h1-4,11,15H,5-8,13H2. The molecule has 1 unspecified atom stereocenters. The van der Waals surface area contributed by atoms with Crippen molar-refractivity contribution < 1.29 is 9.84 Å².